The Hall–Kier alpha value is -7.68. The maximum Gasteiger partial charge on any atom is 0.140 e. The first-order valence-corrected chi connectivity index (χ1v) is 21.7. The maximum absolute atomic E-state index is 7.26. The van der Waals surface area contributed by atoms with E-state index in [1.165, 1.54) is 55.6 Å². The van der Waals surface area contributed by atoms with Crippen molar-refractivity contribution in [3.05, 3.63) is 246 Å². The largest absolute Gasteiger partial charge is 0.455 e. The van der Waals surface area contributed by atoms with Crippen LogP contribution in [-0.4, -0.2) is 0 Å². The Kier molecular flexibility index (Phi) is 7.31. The van der Waals surface area contributed by atoms with Gasteiger partial charge in [-0.05, 0) is 103 Å². The Labute approximate surface area is 362 Å². The molecule has 3 aliphatic rings. The molecule has 0 N–H and O–H groups in total. The summed E-state index contributed by atoms with van der Waals surface area (Å²) in [4.78, 5) is 2.46. The molecule has 10 aromatic rings. The van der Waals surface area contributed by atoms with Crippen LogP contribution in [0.25, 0.3) is 54.9 Å². The van der Waals surface area contributed by atoms with Crippen LogP contribution < -0.4 is 9.64 Å². The van der Waals surface area contributed by atoms with Crippen molar-refractivity contribution in [1.82, 2.24) is 0 Å². The van der Waals surface area contributed by atoms with Gasteiger partial charge in [0, 0.05) is 44.4 Å². The van der Waals surface area contributed by atoms with Gasteiger partial charge < -0.3 is 9.64 Å². The topological polar surface area (TPSA) is 12.5 Å². The van der Waals surface area contributed by atoms with Gasteiger partial charge in [0.15, 0.2) is 0 Å². The molecular weight excluding hydrogens is 751 g/mol. The summed E-state index contributed by atoms with van der Waals surface area (Å²) in [5, 5.41) is 4.56. The van der Waals surface area contributed by atoms with Crippen LogP contribution in [0.15, 0.2) is 212 Å². The molecule has 2 aliphatic carbocycles. The van der Waals surface area contributed by atoms with E-state index in [1.807, 2.05) is 0 Å². The van der Waals surface area contributed by atoms with Crippen LogP contribution in [0.2, 0.25) is 0 Å². The van der Waals surface area contributed by atoms with Crippen molar-refractivity contribution in [2.24, 2.45) is 0 Å². The van der Waals surface area contributed by atoms with Crippen molar-refractivity contribution in [3.63, 3.8) is 0 Å². The molecule has 13 rings (SSSR count). The number of rotatable bonds is 4. The zero-order valence-electron chi connectivity index (χ0n) is 34.6. The van der Waals surface area contributed by atoms with Crippen molar-refractivity contribution < 1.29 is 4.74 Å². The highest BCUT2D eigenvalue weighted by Crippen LogP contribution is 2.64. The quantitative estimate of drug-likeness (QED) is 0.176. The van der Waals surface area contributed by atoms with Crippen molar-refractivity contribution >= 4 is 38.6 Å². The van der Waals surface area contributed by atoms with Crippen LogP contribution in [0.5, 0.6) is 11.5 Å². The van der Waals surface area contributed by atoms with Crippen molar-refractivity contribution in [1.29, 1.82) is 0 Å². The number of nitrogens with zero attached hydrogens (tertiary/aromatic N) is 1. The normalized spacial score (nSPS) is 14.4. The molecule has 1 aliphatic heterocycles. The molecule has 0 atom stereocenters. The number of fused-ring (bicyclic) bond motifs is 16. The summed E-state index contributed by atoms with van der Waals surface area (Å²) in [5.41, 5.74) is 17.7. The highest BCUT2D eigenvalue weighted by molar-refractivity contribution is 6.00. The molecule has 0 bridgehead atoms. The predicted molar refractivity (Wildman–Crippen MR) is 257 cm³/mol. The van der Waals surface area contributed by atoms with E-state index in [1.54, 1.807) is 0 Å². The molecule has 0 aromatic heterocycles. The lowest BCUT2D eigenvalue weighted by Gasteiger charge is -2.40. The Morgan fingerprint density at radius 1 is 0.339 bits per heavy atom. The molecule has 0 saturated carbocycles. The van der Waals surface area contributed by atoms with Crippen molar-refractivity contribution in [2.75, 3.05) is 4.90 Å². The second-order valence-electron chi connectivity index (χ2n) is 17.6. The molecule has 2 heteroatoms. The lowest BCUT2D eigenvalue weighted by atomic mass is 9.65. The van der Waals surface area contributed by atoms with Crippen LogP contribution in [0.3, 0.4) is 0 Å². The number of benzene rings is 10. The molecule has 0 saturated heterocycles. The molecular formula is C60H41NO. The van der Waals surface area contributed by atoms with Gasteiger partial charge in [0.2, 0.25) is 0 Å². The summed E-state index contributed by atoms with van der Waals surface area (Å²) in [7, 11) is 0. The van der Waals surface area contributed by atoms with Gasteiger partial charge in [-0.25, -0.2) is 0 Å². The summed E-state index contributed by atoms with van der Waals surface area (Å²) in [6, 6.07) is 78.5. The van der Waals surface area contributed by atoms with Gasteiger partial charge in [-0.15, -0.1) is 0 Å². The molecule has 62 heavy (non-hydrogen) atoms. The van der Waals surface area contributed by atoms with Crippen LogP contribution in [0, 0.1) is 0 Å². The molecule has 2 nitrogen and oxygen atoms in total. The predicted octanol–water partition coefficient (Wildman–Crippen LogP) is 15.9. The second kappa shape index (κ2) is 12.9. The van der Waals surface area contributed by atoms with Gasteiger partial charge in [-0.2, -0.15) is 0 Å². The zero-order chi connectivity index (χ0) is 41.2. The summed E-state index contributed by atoms with van der Waals surface area (Å²) < 4.78 is 7.26. The third kappa shape index (κ3) is 4.75. The molecule has 0 unspecified atom stereocenters. The van der Waals surface area contributed by atoms with E-state index in [0.717, 1.165) is 61.2 Å². The Morgan fingerprint density at radius 2 is 0.823 bits per heavy atom. The summed E-state index contributed by atoms with van der Waals surface area (Å²) in [6.45, 7) is 4.70. The first-order valence-electron chi connectivity index (χ1n) is 21.7. The Balaban J connectivity index is 1.09. The number of ether oxygens (including phenoxy) is 1. The minimum Gasteiger partial charge on any atom is -0.455 e. The molecule has 10 aromatic carbocycles. The second-order valence-corrected chi connectivity index (χ2v) is 17.6. The van der Waals surface area contributed by atoms with E-state index in [-0.39, 0.29) is 5.41 Å². The number of anilines is 3. The zero-order valence-corrected chi connectivity index (χ0v) is 34.6. The minimum atomic E-state index is -0.650. The number of hydrogen-bond donors (Lipinski definition) is 0. The van der Waals surface area contributed by atoms with E-state index in [9.17, 15) is 0 Å². The maximum atomic E-state index is 7.26. The molecule has 0 amide bonds. The van der Waals surface area contributed by atoms with E-state index >= 15 is 0 Å². The molecule has 0 fully saturated rings. The average molecular weight is 792 g/mol. The summed E-state index contributed by atoms with van der Waals surface area (Å²) in [6.07, 6.45) is 0. The molecule has 0 radical (unpaired) electrons. The first kappa shape index (κ1) is 35.1. The van der Waals surface area contributed by atoms with E-state index < -0.39 is 5.41 Å². The summed E-state index contributed by atoms with van der Waals surface area (Å²) >= 11 is 0. The molecule has 1 heterocycles. The van der Waals surface area contributed by atoms with E-state index in [2.05, 4.69) is 231 Å². The van der Waals surface area contributed by atoms with Gasteiger partial charge >= 0.3 is 0 Å². The fourth-order valence-corrected chi connectivity index (χ4v) is 11.3. The smallest absolute Gasteiger partial charge is 0.140 e. The standard InChI is InChI=1S/C60H41NO/c1-59(2)51-22-12-10-21-48(51)50-36-43(31-35-52(50)59)61(42-28-24-39(25-29-42)38-14-4-3-5-15-38)44-30-32-49-47-20-11-13-23-53(47)60(56(49)37-44)54-33-26-40-16-6-8-18-45(40)57(54)62-58-46-19-9-7-17-41(46)27-34-55(58)60/h3-37H,1-2H3. The Bertz CT molecular complexity index is 3380. The van der Waals surface area contributed by atoms with Crippen LogP contribution in [-0.2, 0) is 10.8 Å². The SMILES string of the molecule is CC1(C)c2ccccc2-c2cc(N(c3ccc(-c4ccccc4)cc3)c3ccc4c(c3)C3(c5ccccc5-4)c4ccc5ccccc5c4Oc4c3ccc3ccccc43)ccc21. The van der Waals surface area contributed by atoms with Crippen LogP contribution >= 0.6 is 0 Å². The van der Waals surface area contributed by atoms with Crippen molar-refractivity contribution in [3.8, 4) is 44.9 Å². The number of hydrogen-bond acceptors (Lipinski definition) is 2. The van der Waals surface area contributed by atoms with Crippen LogP contribution in [0.1, 0.15) is 47.2 Å². The van der Waals surface area contributed by atoms with Crippen molar-refractivity contribution in [2.45, 2.75) is 24.7 Å². The highest BCUT2D eigenvalue weighted by Gasteiger charge is 2.52. The van der Waals surface area contributed by atoms with Gasteiger partial charge in [0.1, 0.15) is 11.5 Å². The monoisotopic (exact) mass is 791 g/mol. The Morgan fingerprint density at radius 3 is 1.52 bits per heavy atom. The lowest BCUT2D eigenvalue weighted by Crippen LogP contribution is -2.32. The fourth-order valence-electron chi connectivity index (χ4n) is 11.3. The minimum absolute atomic E-state index is 0.0868. The lowest BCUT2D eigenvalue weighted by molar-refractivity contribution is 0.447. The molecule has 292 valence electrons. The van der Waals surface area contributed by atoms with E-state index in [4.69, 9.17) is 4.74 Å². The summed E-state index contributed by atoms with van der Waals surface area (Å²) in [5.74, 6) is 1.85. The van der Waals surface area contributed by atoms with Gasteiger partial charge in [-0.3, -0.25) is 0 Å². The molecule has 1 spiro atoms. The van der Waals surface area contributed by atoms with Crippen LogP contribution in [0.4, 0.5) is 17.1 Å². The first-order chi connectivity index (χ1) is 30.5. The third-order valence-electron chi connectivity index (χ3n) is 14.1. The van der Waals surface area contributed by atoms with E-state index in [0.29, 0.717) is 0 Å². The van der Waals surface area contributed by atoms with Gasteiger partial charge in [0.25, 0.3) is 0 Å². The fraction of sp³-hybridized carbons (Fsp3) is 0.0667. The van der Waals surface area contributed by atoms with Gasteiger partial charge in [-0.1, -0.05) is 190 Å². The average Bonchev–Trinajstić information content (AvgIpc) is 3.74. The van der Waals surface area contributed by atoms with Gasteiger partial charge in [0.05, 0.1) is 5.41 Å². The third-order valence-corrected chi connectivity index (χ3v) is 14.1. The highest BCUT2D eigenvalue weighted by atomic mass is 16.5.